The standard InChI is InChI=1S/C25H28N2O5/c1-5-15-12-26-19-10-17(15)25(23(30)31-4)20(26)11-24(22(25)32-14(3)29)16-8-6-7-9-18(16)27(13(2)28)21(19)24/h5-9,17,19-22H,10-12H2,1-4H3. The van der Waals surface area contributed by atoms with Gasteiger partial charge in [0.15, 0.2) is 0 Å². The van der Waals surface area contributed by atoms with Crippen LogP contribution < -0.4 is 4.90 Å². The van der Waals surface area contributed by atoms with Gasteiger partial charge in [0.1, 0.15) is 11.5 Å². The monoisotopic (exact) mass is 436 g/mol. The third-order valence-corrected chi connectivity index (χ3v) is 9.05. The highest BCUT2D eigenvalue weighted by Gasteiger charge is 2.84. The first-order valence-electron chi connectivity index (χ1n) is 11.4. The van der Waals surface area contributed by atoms with E-state index in [0.717, 1.165) is 24.2 Å². The van der Waals surface area contributed by atoms with Crippen LogP contribution in [0.3, 0.4) is 0 Å². The zero-order chi connectivity index (χ0) is 22.6. The third-order valence-electron chi connectivity index (χ3n) is 9.05. The van der Waals surface area contributed by atoms with E-state index in [2.05, 4.69) is 11.0 Å². The molecule has 1 aromatic carbocycles. The van der Waals surface area contributed by atoms with Crippen molar-refractivity contribution in [1.29, 1.82) is 0 Å². The molecule has 0 N–H and O–H groups in total. The summed E-state index contributed by atoms with van der Waals surface area (Å²) in [6.45, 7) is 5.79. The molecule has 7 nitrogen and oxygen atoms in total. The van der Waals surface area contributed by atoms with E-state index in [1.807, 2.05) is 36.1 Å². The smallest absolute Gasteiger partial charge is 0.317 e. The summed E-state index contributed by atoms with van der Waals surface area (Å²) in [6, 6.07) is 7.75. The molecule has 5 bridgehead atoms. The lowest BCUT2D eigenvalue weighted by molar-refractivity contribution is -0.187. The number of nitrogens with zero attached hydrogens (tertiary/aromatic N) is 2. The van der Waals surface area contributed by atoms with Crippen molar-refractivity contribution < 1.29 is 23.9 Å². The molecule has 1 spiro atoms. The molecule has 6 aliphatic rings. The number of hydrogen-bond donors (Lipinski definition) is 0. The van der Waals surface area contributed by atoms with Crippen molar-refractivity contribution in [3.05, 3.63) is 41.5 Å². The van der Waals surface area contributed by atoms with Crippen LogP contribution in [0.1, 0.15) is 39.2 Å². The van der Waals surface area contributed by atoms with Crippen molar-refractivity contribution in [2.75, 3.05) is 18.6 Å². The molecule has 7 heteroatoms. The van der Waals surface area contributed by atoms with Gasteiger partial charge in [-0.05, 0) is 31.4 Å². The first kappa shape index (κ1) is 20.0. The summed E-state index contributed by atoms with van der Waals surface area (Å²) in [5.74, 6) is -0.813. The topological polar surface area (TPSA) is 76.2 Å². The highest BCUT2D eigenvalue weighted by molar-refractivity contribution is 5.97. The summed E-state index contributed by atoms with van der Waals surface area (Å²) in [5, 5.41) is 0. The summed E-state index contributed by atoms with van der Waals surface area (Å²) < 4.78 is 11.6. The maximum atomic E-state index is 13.7. The van der Waals surface area contributed by atoms with Crippen LogP contribution >= 0.6 is 0 Å². The Morgan fingerprint density at radius 2 is 1.94 bits per heavy atom. The van der Waals surface area contributed by atoms with Gasteiger partial charge in [-0.3, -0.25) is 19.3 Å². The number of allylic oxidation sites excluding steroid dienone is 1. The molecule has 8 atom stereocenters. The van der Waals surface area contributed by atoms with Crippen LogP contribution in [0.25, 0.3) is 0 Å². The van der Waals surface area contributed by atoms with Gasteiger partial charge in [-0.25, -0.2) is 0 Å². The molecule has 5 fully saturated rings. The lowest BCUT2D eigenvalue weighted by atomic mass is 9.58. The Kier molecular flexibility index (Phi) is 3.88. The molecule has 1 saturated carbocycles. The van der Waals surface area contributed by atoms with Gasteiger partial charge >= 0.3 is 11.9 Å². The van der Waals surface area contributed by atoms with Gasteiger partial charge in [0.25, 0.3) is 0 Å². The maximum Gasteiger partial charge on any atom is 0.317 e. The summed E-state index contributed by atoms with van der Waals surface area (Å²) in [5.41, 5.74) is 1.47. The zero-order valence-electron chi connectivity index (χ0n) is 18.8. The minimum absolute atomic E-state index is 0.0230. The van der Waals surface area contributed by atoms with Crippen LogP contribution in [0.15, 0.2) is 35.9 Å². The van der Waals surface area contributed by atoms with E-state index in [4.69, 9.17) is 9.47 Å². The molecule has 5 aliphatic heterocycles. The average molecular weight is 437 g/mol. The number of benzene rings is 1. The summed E-state index contributed by atoms with van der Waals surface area (Å²) in [4.78, 5) is 43.6. The Balaban J connectivity index is 1.70. The number of anilines is 1. The molecule has 7 rings (SSSR count). The highest BCUT2D eigenvalue weighted by Crippen LogP contribution is 2.73. The quantitative estimate of drug-likeness (QED) is 0.523. The van der Waals surface area contributed by atoms with Crippen molar-refractivity contribution >= 4 is 23.5 Å². The van der Waals surface area contributed by atoms with Crippen LogP contribution in [-0.2, 0) is 29.3 Å². The molecule has 168 valence electrons. The van der Waals surface area contributed by atoms with Crippen LogP contribution in [-0.4, -0.2) is 60.6 Å². The minimum atomic E-state index is -0.980. The average Bonchev–Trinajstić information content (AvgIpc) is 3.21. The Morgan fingerprint density at radius 3 is 2.59 bits per heavy atom. The van der Waals surface area contributed by atoms with E-state index in [1.54, 1.807) is 6.92 Å². The molecular weight excluding hydrogens is 408 g/mol. The molecule has 0 radical (unpaired) electrons. The van der Waals surface area contributed by atoms with Crippen LogP contribution in [0.4, 0.5) is 5.69 Å². The first-order valence-corrected chi connectivity index (χ1v) is 11.4. The molecule has 8 unspecified atom stereocenters. The Hall–Kier alpha value is -2.67. The molecule has 5 heterocycles. The van der Waals surface area contributed by atoms with E-state index < -0.39 is 22.9 Å². The molecule has 0 aromatic heterocycles. The molecule has 1 aromatic rings. The normalized spacial score (nSPS) is 43.2. The summed E-state index contributed by atoms with van der Waals surface area (Å²) in [7, 11) is 1.42. The van der Waals surface area contributed by atoms with E-state index in [-0.39, 0.29) is 35.9 Å². The predicted octanol–water partition coefficient (Wildman–Crippen LogP) is 2.19. The van der Waals surface area contributed by atoms with Crippen molar-refractivity contribution in [3.8, 4) is 0 Å². The second kappa shape index (κ2) is 6.22. The number of amides is 1. The number of hydrogen-bond acceptors (Lipinski definition) is 6. The summed E-state index contributed by atoms with van der Waals surface area (Å²) in [6.07, 6.45) is 2.81. The van der Waals surface area contributed by atoms with Gasteiger partial charge in [0.2, 0.25) is 5.91 Å². The van der Waals surface area contributed by atoms with Crippen molar-refractivity contribution in [1.82, 2.24) is 4.90 Å². The number of rotatable bonds is 2. The lowest BCUT2D eigenvalue weighted by Crippen LogP contribution is -2.72. The van der Waals surface area contributed by atoms with Gasteiger partial charge in [0, 0.05) is 44.1 Å². The zero-order valence-corrected chi connectivity index (χ0v) is 18.8. The number of methoxy groups -OCH3 is 1. The van der Waals surface area contributed by atoms with Gasteiger partial charge < -0.3 is 14.4 Å². The van der Waals surface area contributed by atoms with E-state index in [1.165, 1.54) is 19.6 Å². The minimum Gasteiger partial charge on any atom is -0.468 e. The first-order chi connectivity index (χ1) is 15.3. The van der Waals surface area contributed by atoms with E-state index >= 15 is 0 Å². The lowest BCUT2D eigenvalue weighted by Gasteiger charge is -2.61. The number of fused-ring (bicyclic) bond motifs is 2. The molecule has 32 heavy (non-hydrogen) atoms. The number of para-hydroxylation sites is 1. The van der Waals surface area contributed by atoms with Crippen LogP contribution in [0.5, 0.6) is 0 Å². The molecule has 4 saturated heterocycles. The van der Waals surface area contributed by atoms with Crippen LogP contribution in [0.2, 0.25) is 0 Å². The molecule has 1 amide bonds. The predicted molar refractivity (Wildman–Crippen MR) is 116 cm³/mol. The number of carbonyl (C=O) groups excluding carboxylic acids is 3. The fraction of sp³-hybridized carbons (Fsp3) is 0.560. The van der Waals surface area contributed by atoms with Crippen molar-refractivity contribution in [2.45, 2.75) is 63.3 Å². The fourth-order valence-electron chi connectivity index (χ4n) is 8.37. The van der Waals surface area contributed by atoms with Gasteiger partial charge in [-0.2, -0.15) is 0 Å². The SMILES string of the molecule is CC=C1CN2C3CC1C1(C(=O)OC)C2CC2(c4ccccc4N(C(C)=O)C32)C1OC(C)=O. The number of ether oxygens (including phenoxy) is 2. The Morgan fingerprint density at radius 1 is 1.19 bits per heavy atom. The van der Waals surface area contributed by atoms with Gasteiger partial charge in [-0.1, -0.05) is 29.8 Å². The highest BCUT2D eigenvalue weighted by atomic mass is 16.6. The van der Waals surface area contributed by atoms with Gasteiger partial charge in [0.05, 0.1) is 18.6 Å². The Bertz CT molecular complexity index is 1100. The second-order valence-corrected chi connectivity index (χ2v) is 9.92. The largest absolute Gasteiger partial charge is 0.468 e. The fourth-order valence-corrected chi connectivity index (χ4v) is 8.37. The Labute approximate surface area is 187 Å². The maximum absolute atomic E-state index is 13.7. The van der Waals surface area contributed by atoms with Crippen molar-refractivity contribution in [3.63, 3.8) is 0 Å². The van der Waals surface area contributed by atoms with Crippen molar-refractivity contribution in [2.24, 2.45) is 11.3 Å². The van der Waals surface area contributed by atoms with E-state index in [9.17, 15) is 14.4 Å². The number of esters is 2. The number of piperidine rings is 4. The summed E-state index contributed by atoms with van der Waals surface area (Å²) >= 11 is 0. The van der Waals surface area contributed by atoms with E-state index in [0.29, 0.717) is 6.42 Å². The third kappa shape index (κ3) is 1.92. The van der Waals surface area contributed by atoms with Crippen LogP contribution in [0, 0.1) is 11.3 Å². The number of carbonyl (C=O) groups is 3. The molecule has 1 aliphatic carbocycles. The second-order valence-electron chi connectivity index (χ2n) is 9.92. The van der Waals surface area contributed by atoms with Gasteiger partial charge in [-0.15, -0.1) is 0 Å². The molecular formula is C25H28N2O5.